The van der Waals surface area contributed by atoms with Gasteiger partial charge in [-0.3, -0.25) is 4.79 Å². The predicted molar refractivity (Wildman–Crippen MR) is 77.8 cm³/mol. The molecule has 0 fully saturated rings. The lowest BCUT2D eigenvalue weighted by Gasteiger charge is -2.12. The summed E-state index contributed by atoms with van der Waals surface area (Å²) in [6.07, 6.45) is 0.283. The van der Waals surface area contributed by atoms with Crippen molar-refractivity contribution in [2.75, 3.05) is 0 Å². The Morgan fingerprint density at radius 2 is 1.95 bits per heavy atom. The first-order valence-corrected chi connectivity index (χ1v) is 6.48. The van der Waals surface area contributed by atoms with E-state index >= 15 is 0 Å². The maximum Gasteiger partial charge on any atom is 0.225 e. The second kappa shape index (κ2) is 6.53. The average molecular weight is 264 g/mol. The molecule has 2 aromatic carbocycles. The minimum absolute atomic E-state index is 0.149. The molecule has 2 rings (SSSR count). The summed E-state index contributed by atoms with van der Waals surface area (Å²) in [7, 11) is 0. The van der Waals surface area contributed by atoms with Crippen molar-refractivity contribution in [3.8, 4) is 6.07 Å². The number of rotatable bonds is 4. The molecule has 2 aromatic rings. The van der Waals surface area contributed by atoms with Crippen LogP contribution in [0.5, 0.6) is 0 Å². The Balaban J connectivity index is 2.04. The molecule has 1 unspecified atom stereocenters. The van der Waals surface area contributed by atoms with Crippen LogP contribution in [0.25, 0.3) is 0 Å². The van der Waals surface area contributed by atoms with Gasteiger partial charge in [0.25, 0.3) is 0 Å². The highest BCUT2D eigenvalue weighted by molar-refractivity contribution is 5.79. The Bertz CT molecular complexity index is 629. The maximum atomic E-state index is 12.0. The zero-order valence-electron chi connectivity index (χ0n) is 11.3. The molecule has 3 heteroatoms. The Kier molecular flexibility index (Phi) is 4.52. The number of nitriles is 1. The van der Waals surface area contributed by atoms with E-state index in [1.165, 1.54) is 0 Å². The summed E-state index contributed by atoms with van der Waals surface area (Å²) >= 11 is 0. The van der Waals surface area contributed by atoms with Crippen molar-refractivity contribution in [2.24, 2.45) is 0 Å². The SMILES string of the molecule is Cc1cccc(C(C#N)NC(=O)Cc2ccccc2)c1. The molecule has 1 N–H and O–H groups in total. The summed E-state index contributed by atoms with van der Waals surface area (Å²) in [5, 5.41) is 12.0. The molecule has 0 aromatic heterocycles. The van der Waals surface area contributed by atoms with Crippen molar-refractivity contribution in [1.29, 1.82) is 5.26 Å². The number of nitrogens with one attached hydrogen (secondary N) is 1. The summed E-state index contributed by atoms with van der Waals surface area (Å²) in [4.78, 5) is 12.0. The quantitative estimate of drug-likeness (QED) is 0.923. The van der Waals surface area contributed by atoms with Crippen molar-refractivity contribution < 1.29 is 4.79 Å². The first kappa shape index (κ1) is 13.8. The normalized spacial score (nSPS) is 11.4. The fourth-order valence-electron chi connectivity index (χ4n) is 2.03. The summed E-state index contributed by atoms with van der Waals surface area (Å²) in [6, 6.07) is 18.6. The highest BCUT2D eigenvalue weighted by Gasteiger charge is 2.13. The molecule has 20 heavy (non-hydrogen) atoms. The smallest absolute Gasteiger partial charge is 0.225 e. The molecular formula is C17H16N2O. The third-order valence-electron chi connectivity index (χ3n) is 3.02. The molecule has 0 saturated heterocycles. The van der Waals surface area contributed by atoms with Crippen molar-refractivity contribution in [3.63, 3.8) is 0 Å². The van der Waals surface area contributed by atoms with E-state index in [0.29, 0.717) is 0 Å². The third kappa shape index (κ3) is 3.69. The minimum atomic E-state index is -0.605. The maximum absolute atomic E-state index is 12.0. The van der Waals surface area contributed by atoms with Crippen LogP contribution in [0, 0.1) is 18.3 Å². The van der Waals surface area contributed by atoms with E-state index in [2.05, 4.69) is 11.4 Å². The van der Waals surface area contributed by atoms with Gasteiger partial charge in [-0.05, 0) is 18.1 Å². The van der Waals surface area contributed by atoms with E-state index < -0.39 is 6.04 Å². The Morgan fingerprint density at radius 3 is 2.60 bits per heavy atom. The molecule has 0 aliphatic carbocycles. The summed E-state index contributed by atoms with van der Waals surface area (Å²) in [5.74, 6) is -0.149. The Morgan fingerprint density at radius 1 is 1.20 bits per heavy atom. The van der Waals surface area contributed by atoms with Gasteiger partial charge in [0.15, 0.2) is 0 Å². The van der Waals surface area contributed by atoms with Gasteiger partial charge < -0.3 is 5.32 Å². The highest BCUT2D eigenvalue weighted by Crippen LogP contribution is 2.14. The lowest BCUT2D eigenvalue weighted by Crippen LogP contribution is -2.29. The van der Waals surface area contributed by atoms with E-state index in [1.54, 1.807) is 0 Å². The summed E-state index contributed by atoms with van der Waals surface area (Å²) in [6.45, 7) is 1.96. The van der Waals surface area contributed by atoms with Gasteiger partial charge in [-0.25, -0.2) is 0 Å². The van der Waals surface area contributed by atoms with Crippen LogP contribution in [0.3, 0.4) is 0 Å². The van der Waals surface area contributed by atoms with Gasteiger partial charge in [0, 0.05) is 0 Å². The van der Waals surface area contributed by atoms with Gasteiger partial charge in [-0.1, -0.05) is 60.2 Å². The van der Waals surface area contributed by atoms with Gasteiger partial charge in [0.2, 0.25) is 5.91 Å². The van der Waals surface area contributed by atoms with Gasteiger partial charge in [-0.15, -0.1) is 0 Å². The molecule has 0 heterocycles. The van der Waals surface area contributed by atoms with Gasteiger partial charge in [0.1, 0.15) is 6.04 Å². The van der Waals surface area contributed by atoms with E-state index in [0.717, 1.165) is 16.7 Å². The van der Waals surface area contributed by atoms with Gasteiger partial charge in [0.05, 0.1) is 12.5 Å². The number of carbonyl (C=O) groups is 1. The van der Waals surface area contributed by atoms with Crippen LogP contribution in [-0.2, 0) is 11.2 Å². The van der Waals surface area contributed by atoms with Gasteiger partial charge in [-0.2, -0.15) is 5.26 Å². The molecule has 0 bridgehead atoms. The number of aryl methyl sites for hydroxylation is 1. The monoisotopic (exact) mass is 264 g/mol. The first-order valence-electron chi connectivity index (χ1n) is 6.48. The van der Waals surface area contributed by atoms with Gasteiger partial charge >= 0.3 is 0 Å². The fourth-order valence-corrected chi connectivity index (χ4v) is 2.03. The van der Waals surface area contributed by atoms with Crippen molar-refractivity contribution >= 4 is 5.91 Å². The number of carbonyl (C=O) groups excluding carboxylic acids is 1. The van der Waals surface area contributed by atoms with Crippen LogP contribution in [0.2, 0.25) is 0 Å². The van der Waals surface area contributed by atoms with Crippen molar-refractivity contribution in [2.45, 2.75) is 19.4 Å². The molecule has 1 atom stereocenters. The minimum Gasteiger partial charge on any atom is -0.336 e. The number of hydrogen-bond donors (Lipinski definition) is 1. The lowest BCUT2D eigenvalue weighted by atomic mass is 10.0. The van der Waals surface area contributed by atoms with E-state index in [9.17, 15) is 10.1 Å². The molecule has 0 aliphatic rings. The molecule has 0 aliphatic heterocycles. The fraction of sp³-hybridized carbons (Fsp3) is 0.176. The highest BCUT2D eigenvalue weighted by atomic mass is 16.1. The molecule has 3 nitrogen and oxygen atoms in total. The second-order valence-corrected chi connectivity index (χ2v) is 4.71. The zero-order chi connectivity index (χ0) is 14.4. The number of hydrogen-bond acceptors (Lipinski definition) is 2. The molecular weight excluding hydrogens is 248 g/mol. The summed E-state index contributed by atoms with van der Waals surface area (Å²) in [5.41, 5.74) is 2.82. The number of nitrogens with zero attached hydrogens (tertiary/aromatic N) is 1. The van der Waals surface area contributed by atoms with Crippen LogP contribution >= 0.6 is 0 Å². The Hall–Kier alpha value is -2.60. The predicted octanol–water partition coefficient (Wildman–Crippen LogP) is 2.92. The Labute approximate surface area is 118 Å². The van der Waals surface area contributed by atoms with Crippen LogP contribution < -0.4 is 5.32 Å². The molecule has 0 radical (unpaired) electrons. The molecule has 0 spiro atoms. The van der Waals surface area contributed by atoms with Crippen molar-refractivity contribution in [3.05, 3.63) is 71.3 Å². The lowest BCUT2D eigenvalue weighted by molar-refractivity contribution is -0.120. The van der Waals surface area contributed by atoms with E-state index in [-0.39, 0.29) is 12.3 Å². The topological polar surface area (TPSA) is 52.9 Å². The van der Waals surface area contributed by atoms with Crippen LogP contribution in [0.1, 0.15) is 22.7 Å². The second-order valence-electron chi connectivity index (χ2n) is 4.71. The molecule has 100 valence electrons. The molecule has 0 saturated carbocycles. The van der Waals surface area contributed by atoms with Crippen LogP contribution in [-0.4, -0.2) is 5.91 Å². The first-order chi connectivity index (χ1) is 9.69. The summed E-state index contributed by atoms with van der Waals surface area (Å²) < 4.78 is 0. The van der Waals surface area contributed by atoms with E-state index in [4.69, 9.17) is 0 Å². The number of benzene rings is 2. The van der Waals surface area contributed by atoms with Crippen molar-refractivity contribution in [1.82, 2.24) is 5.32 Å². The average Bonchev–Trinajstić information content (AvgIpc) is 2.46. The largest absolute Gasteiger partial charge is 0.336 e. The number of amides is 1. The third-order valence-corrected chi connectivity index (χ3v) is 3.02. The standard InChI is InChI=1S/C17H16N2O/c1-13-6-5-9-15(10-13)16(12-18)19-17(20)11-14-7-3-2-4-8-14/h2-10,16H,11H2,1H3,(H,19,20). The van der Waals surface area contributed by atoms with Crippen LogP contribution in [0.15, 0.2) is 54.6 Å². The van der Waals surface area contributed by atoms with E-state index in [1.807, 2.05) is 61.5 Å². The zero-order valence-corrected chi connectivity index (χ0v) is 11.3. The molecule has 1 amide bonds. The van der Waals surface area contributed by atoms with Crippen LogP contribution in [0.4, 0.5) is 0 Å².